The minimum atomic E-state index is -0.997. The third kappa shape index (κ3) is 5.28. The van der Waals surface area contributed by atoms with Gasteiger partial charge >= 0.3 is 5.97 Å². The van der Waals surface area contributed by atoms with Crippen LogP contribution in [0.25, 0.3) is 11.2 Å². The summed E-state index contributed by atoms with van der Waals surface area (Å²) in [6.07, 6.45) is -0.0754. The Hall–Kier alpha value is -2.53. The monoisotopic (exact) mass is 347 g/mol. The number of rotatable bonds is 4. The number of benzene rings is 2. The topological polar surface area (TPSA) is 79.5 Å². The van der Waals surface area contributed by atoms with E-state index in [4.69, 9.17) is 21.1 Å². The predicted octanol–water partition coefficient (Wildman–Crippen LogP) is 4.14. The van der Waals surface area contributed by atoms with E-state index in [1.807, 2.05) is 24.3 Å². The Morgan fingerprint density at radius 1 is 1.12 bits per heavy atom. The number of nitrogens with one attached hydrogen (secondary N) is 1. The van der Waals surface area contributed by atoms with E-state index in [1.54, 1.807) is 38.1 Å². The zero-order valence-corrected chi connectivity index (χ0v) is 14.1. The largest absolute Gasteiger partial charge is 0.481 e. The van der Waals surface area contributed by atoms with E-state index in [0.29, 0.717) is 11.3 Å². The molecule has 2 bridgehead atoms. The molecule has 126 valence electrons. The van der Waals surface area contributed by atoms with E-state index in [0.717, 1.165) is 11.2 Å². The molecule has 0 atom stereocenters. The van der Waals surface area contributed by atoms with Gasteiger partial charge in [-0.1, -0.05) is 12.1 Å². The van der Waals surface area contributed by atoms with E-state index in [1.165, 1.54) is 0 Å². The van der Waals surface area contributed by atoms with Crippen LogP contribution in [0, 0.1) is 0 Å². The van der Waals surface area contributed by atoms with Gasteiger partial charge < -0.3 is 14.8 Å². The molecule has 0 aliphatic rings. The Morgan fingerprint density at radius 3 is 2.12 bits per heavy atom. The van der Waals surface area contributed by atoms with E-state index in [-0.39, 0.29) is 12.3 Å². The number of alkyl halides is 1. The van der Waals surface area contributed by atoms with E-state index >= 15 is 0 Å². The van der Waals surface area contributed by atoms with Crippen LogP contribution in [0.2, 0.25) is 0 Å². The molecule has 0 radical (unpaired) electrons. The van der Waals surface area contributed by atoms with Gasteiger partial charge in [-0.25, -0.2) is 0 Å². The maximum Gasteiger partial charge on any atom is 0.307 e. The number of hydrogen-bond acceptors (Lipinski definition) is 3. The summed E-state index contributed by atoms with van der Waals surface area (Å²) in [5.74, 6) is -1.24. The number of carbonyl (C=O) groups is 2. The smallest absolute Gasteiger partial charge is 0.307 e. The zero-order chi connectivity index (χ0) is 17.7. The second-order valence-electron chi connectivity index (χ2n) is 5.77. The van der Waals surface area contributed by atoms with Crippen molar-refractivity contribution in [1.82, 2.24) is 0 Å². The van der Waals surface area contributed by atoms with Gasteiger partial charge in [0.2, 0.25) is 5.91 Å². The third-order valence-electron chi connectivity index (χ3n) is 3.14. The lowest BCUT2D eigenvalue weighted by Crippen LogP contribution is -2.31. The molecular weight excluding hydrogens is 330 g/mol. The molecule has 3 aromatic rings. The minimum Gasteiger partial charge on any atom is -0.481 e. The molecule has 0 aliphatic heterocycles. The molecule has 3 rings (SSSR count). The van der Waals surface area contributed by atoms with E-state index in [9.17, 15) is 9.59 Å². The molecule has 2 aromatic heterocycles. The van der Waals surface area contributed by atoms with Crippen molar-refractivity contribution < 1.29 is 19.1 Å². The van der Waals surface area contributed by atoms with Crippen molar-refractivity contribution in [3.63, 3.8) is 0 Å². The molecule has 1 amide bonds. The highest BCUT2D eigenvalue weighted by Crippen LogP contribution is 2.18. The second-order valence-corrected chi connectivity index (χ2v) is 6.72. The number of anilines is 1. The average molecular weight is 348 g/mol. The summed E-state index contributed by atoms with van der Waals surface area (Å²) in [6.45, 7) is 3.18. The number of carbonyl (C=O) groups excluding carboxylic acids is 1. The number of carboxylic acid groups (broad SMARTS) is 1. The number of amides is 1. The van der Waals surface area contributed by atoms with Crippen LogP contribution in [0.15, 0.2) is 52.9 Å². The van der Waals surface area contributed by atoms with Crippen LogP contribution in [0.1, 0.15) is 19.4 Å². The Kier molecular flexibility index (Phi) is 5.46. The molecule has 0 saturated heterocycles. The van der Waals surface area contributed by atoms with Gasteiger partial charge in [0, 0.05) is 5.69 Å². The quantitative estimate of drug-likeness (QED) is 0.695. The van der Waals surface area contributed by atoms with Crippen LogP contribution in [0.5, 0.6) is 0 Å². The van der Waals surface area contributed by atoms with Crippen molar-refractivity contribution in [3.05, 3.63) is 54.1 Å². The first-order valence-electron chi connectivity index (χ1n) is 7.33. The summed E-state index contributed by atoms with van der Waals surface area (Å²) in [7, 11) is 0. The number of halogens is 1. The maximum absolute atomic E-state index is 11.6. The molecule has 5 nitrogen and oxygen atoms in total. The molecular formula is C18H18ClNO4. The number of furan rings is 2. The first-order valence-corrected chi connectivity index (χ1v) is 7.71. The van der Waals surface area contributed by atoms with Crippen molar-refractivity contribution in [1.29, 1.82) is 0 Å². The lowest BCUT2D eigenvalue weighted by Gasteiger charge is -2.15. The SMILES string of the molecule is CC(C)(Cl)C(=O)Nc1cccc(CC(=O)O)c1.c1cc2ccc1o2. The van der Waals surface area contributed by atoms with Crippen molar-refractivity contribution in [2.24, 2.45) is 0 Å². The first kappa shape index (κ1) is 17.8. The highest BCUT2D eigenvalue weighted by atomic mass is 35.5. The van der Waals surface area contributed by atoms with Crippen LogP contribution < -0.4 is 5.32 Å². The number of aliphatic carboxylic acids is 1. The van der Waals surface area contributed by atoms with E-state index in [2.05, 4.69) is 5.32 Å². The molecule has 0 unspecified atom stereocenters. The van der Waals surface area contributed by atoms with Gasteiger partial charge in [-0.3, -0.25) is 9.59 Å². The zero-order valence-electron chi connectivity index (χ0n) is 13.4. The lowest BCUT2D eigenvalue weighted by atomic mass is 10.1. The molecule has 6 heteroatoms. The van der Waals surface area contributed by atoms with Gasteiger partial charge in [0.15, 0.2) is 0 Å². The van der Waals surface area contributed by atoms with Crippen molar-refractivity contribution in [3.8, 4) is 0 Å². The summed E-state index contributed by atoms with van der Waals surface area (Å²) in [4.78, 5) is 21.2. The van der Waals surface area contributed by atoms with Gasteiger partial charge in [-0.15, -0.1) is 11.6 Å². The number of hydrogen-bond donors (Lipinski definition) is 2. The normalized spacial score (nSPS) is 11.0. The third-order valence-corrected chi connectivity index (χ3v) is 3.31. The van der Waals surface area contributed by atoms with Gasteiger partial charge in [0.05, 0.1) is 6.42 Å². The Morgan fingerprint density at radius 2 is 1.71 bits per heavy atom. The molecule has 2 heterocycles. The fourth-order valence-corrected chi connectivity index (χ4v) is 1.97. The van der Waals surface area contributed by atoms with Crippen molar-refractivity contribution in [2.45, 2.75) is 25.1 Å². The first-order chi connectivity index (χ1) is 11.2. The van der Waals surface area contributed by atoms with Crippen molar-refractivity contribution >= 4 is 40.3 Å². The van der Waals surface area contributed by atoms with Crippen LogP contribution in [0.4, 0.5) is 5.69 Å². The lowest BCUT2D eigenvalue weighted by molar-refractivity contribution is -0.136. The summed E-state index contributed by atoms with van der Waals surface area (Å²) >= 11 is 5.85. The van der Waals surface area contributed by atoms with Gasteiger partial charge in [0.25, 0.3) is 0 Å². The number of fused-ring (bicyclic) bond motifs is 2. The van der Waals surface area contributed by atoms with Crippen LogP contribution in [-0.2, 0) is 16.0 Å². The van der Waals surface area contributed by atoms with Gasteiger partial charge in [0.1, 0.15) is 16.0 Å². The van der Waals surface area contributed by atoms with E-state index < -0.39 is 10.8 Å². The van der Waals surface area contributed by atoms with Crippen LogP contribution in [0.3, 0.4) is 0 Å². The Labute approximate surface area is 144 Å². The Balaban J connectivity index is 0.000000242. The standard InChI is InChI=1S/C12H14ClNO3.C6H4O/c1-12(2,13)11(17)14-9-5-3-4-8(6-9)7-10(15)16;1-2-6-4-3-5(1)7-6/h3-6H,7H2,1-2H3,(H,14,17)(H,15,16);1-4H. The molecule has 0 aliphatic carbocycles. The fourth-order valence-electron chi connectivity index (χ4n) is 1.93. The highest BCUT2D eigenvalue weighted by Gasteiger charge is 2.24. The van der Waals surface area contributed by atoms with Gasteiger partial charge in [-0.2, -0.15) is 0 Å². The molecule has 0 saturated carbocycles. The fraction of sp³-hybridized carbons (Fsp3) is 0.222. The minimum absolute atomic E-state index is 0.0754. The highest BCUT2D eigenvalue weighted by molar-refractivity contribution is 6.36. The number of carboxylic acids is 1. The average Bonchev–Trinajstić information content (AvgIpc) is 3.11. The molecule has 24 heavy (non-hydrogen) atoms. The summed E-state index contributed by atoms with van der Waals surface area (Å²) < 4.78 is 5.08. The maximum atomic E-state index is 11.6. The molecule has 1 aromatic carbocycles. The summed E-state index contributed by atoms with van der Waals surface area (Å²) in [6, 6.07) is 14.5. The molecule has 2 N–H and O–H groups in total. The molecule has 0 spiro atoms. The molecule has 0 fully saturated rings. The summed E-state index contributed by atoms with van der Waals surface area (Å²) in [5.41, 5.74) is 3.11. The van der Waals surface area contributed by atoms with Crippen LogP contribution in [-0.4, -0.2) is 21.9 Å². The Bertz CT molecular complexity index is 774. The van der Waals surface area contributed by atoms with Crippen LogP contribution >= 0.6 is 11.6 Å². The predicted molar refractivity (Wildman–Crippen MR) is 93.7 cm³/mol. The van der Waals surface area contributed by atoms with Crippen molar-refractivity contribution in [2.75, 3.05) is 5.32 Å². The summed E-state index contributed by atoms with van der Waals surface area (Å²) in [5, 5.41) is 11.3. The second kappa shape index (κ2) is 7.36. The van der Waals surface area contributed by atoms with Gasteiger partial charge in [-0.05, 0) is 55.8 Å².